The van der Waals surface area contributed by atoms with Crippen molar-refractivity contribution in [1.29, 1.82) is 0 Å². The first kappa shape index (κ1) is 15.3. The summed E-state index contributed by atoms with van der Waals surface area (Å²) >= 11 is 5.74. The molecule has 0 spiro atoms. The summed E-state index contributed by atoms with van der Waals surface area (Å²) in [4.78, 5) is 12.2. The van der Waals surface area contributed by atoms with Gasteiger partial charge in [0.2, 0.25) is 5.91 Å². The van der Waals surface area contributed by atoms with E-state index in [1.165, 1.54) is 31.2 Å². The van der Waals surface area contributed by atoms with E-state index < -0.39 is 21.0 Å². The number of hydrogen-bond donors (Lipinski definition) is 1. The molecule has 0 saturated heterocycles. The number of hydrogen-bond acceptors (Lipinski definition) is 3. The second kappa shape index (κ2) is 6.14. The fraction of sp³-hybridized carbons (Fsp3) is 0.500. The van der Waals surface area contributed by atoms with Crippen molar-refractivity contribution in [3.05, 3.63) is 29.3 Å². The molecule has 1 atom stereocenters. The topological polar surface area (TPSA) is 63.2 Å². The SMILES string of the molecule is CC(C(=O)NC1CCCC1)S(=O)(=O)c1ccc(Cl)cc1. The minimum Gasteiger partial charge on any atom is -0.352 e. The summed E-state index contributed by atoms with van der Waals surface area (Å²) in [5.41, 5.74) is 0. The lowest BCUT2D eigenvalue weighted by molar-refractivity contribution is -0.121. The summed E-state index contributed by atoms with van der Waals surface area (Å²) in [6, 6.07) is 5.99. The largest absolute Gasteiger partial charge is 0.352 e. The number of rotatable bonds is 4. The first-order valence-corrected chi connectivity index (χ1v) is 8.63. The molecule has 0 radical (unpaired) electrons. The molecule has 4 nitrogen and oxygen atoms in total. The van der Waals surface area contributed by atoms with Crippen molar-refractivity contribution in [3.63, 3.8) is 0 Å². The van der Waals surface area contributed by atoms with Crippen molar-refractivity contribution >= 4 is 27.3 Å². The molecule has 110 valence electrons. The molecule has 0 aliphatic heterocycles. The highest BCUT2D eigenvalue weighted by Crippen LogP contribution is 2.21. The van der Waals surface area contributed by atoms with E-state index in [4.69, 9.17) is 11.6 Å². The molecule has 1 unspecified atom stereocenters. The quantitative estimate of drug-likeness (QED) is 0.928. The Morgan fingerprint density at radius 3 is 2.35 bits per heavy atom. The molecule has 20 heavy (non-hydrogen) atoms. The highest BCUT2D eigenvalue weighted by molar-refractivity contribution is 7.92. The normalized spacial score (nSPS) is 17.9. The molecule has 1 fully saturated rings. The monoisotopic (exact) mass is 315 g/mol. The highest BCUT2D eigenvalue weighted by Gasteiger charge is 2.31. The smallest absolute Gasteiger partial charge is 0.238 e. The summed E-state index contributed by atoms with van der Waals surface area (Å²) < 4.78 is 24.7. The summed E-state index contributed by atoms with van der Waals surface area (Å²) in [5.74, 6) is -0.424. The predicted molar refractivity (Wildman–Crippen MR) is 78.5 cm³/mol. The minimum atomic E-state index is -3.67. The zero-order valence-electron chi connectivity index (χ0n) is 11.3. The van der Waals surface area contributed by atoms with Crippen LogP contribution >= 0.6 is 11.6 Å². The predicted octanol–water partition coefficient (Wildman–Crippen LogP) is 2.56. The molecule has 0 heterocycles. The molecular formula is C14H18ClNO3S. The van der Waals surface area contributed by atoms with E-state index in [1.54, 1.807) is 0 Å². The summed E-state index contributed by atoms with van der Waals surface area (Å²) in [6.45, 7) is 1.42. The average Bonchev–Trinajstić information content (AvgIpc) is 2.91. The van der Waals surface area contributed by atoms with Gasteiger partial charge in [-0.25, -0.2) is 8.42 Å². The second-order valence-corrected chi connectivity index (χ2v) is 7.84. The first-order valence-electron chi connectivity index (χ1n) is 6.71. The molecule has 1 saturated carbocycles. The van der Waals surface area contributed by atoms with Crippen molar-refractivity contribution in [1.82, 2.24) is 5.32 Å². The number of halogens is 1. The van der Waals surface area contributed by atoms with Gasteiger partial charge in [-0.3, -0.25) is 4.79 Å². The number of sulfone groups is 1. The summed E-state index contributed by atoms with van der Waals surface area (Å²) in [7, 11) is -3.67. The molecule has 1 aromatic carbocycles. The van der Waals surface area contributed by atoms with Crippen LogP contribution in [0.5, 0.6) is 0 Å². The van der Waals surface area contributed by atoms with E-state index in [1.807, 2.05) is 0 Å². The molecule has 1 aromatic rings. The molecule has 1 N–H and O–H groups in total. The van der Waals surface area contributed by atoms with Crippen molar-refractivity contribution in [2.45, 2.75) is 48.8 Å². The standard InChI is InChI=1S/C14H18ClNO3S/c1-10(14(17)16-12-4-2-3-5-12)20(18,19)13-8-6-11(15)7-9-13/h6-10,12H,2-5H2,1H3,(H,16,17). The van der Waals surface area contributed by atoms with Gasteiger partial charge in [-0.2, -0.15) is 0 Å². The average molecular weight is 316 g/mol. The van der Waals surface area contributed by atoms with Crippen LogP contribution in [0, 0.1) is 0 Å². The van der Waals surface area contributed by atoms with Crippen LogP contribution in [0.25, 0.3) is 0 Å². The zero-order valence-corrected chi connectivity index (χ0v) is 12.9. The second-order valence-electron chi connectivity index (χ2n) is 5.13. The lowest BCUT2D eigenvalue weighted by Crippen LogP contribution is -2.42. The molecule has 0 bridgehead atoms. The molecular weight excluding hydrogens is 298 g/mol. The van der Waals surface area contributed by atoms with Crippen LogP contribution in [0.3, 0.4) is 0 Å². The van der Waals surface area contributed by atoms with Crippen LogP contribution in [0.1, 0.15) is 32.6 Å². The van der Waals surface area contributed by atoms with Crippen molar-refractivity contribution < 1.29 is 13.2 Å². The number of carbonyl (C=O) groups is 1. The van der Waals surface area contributed by atoms with E-state index in [9.17, 15) is 13.2 Å². The Bertz CT molecular complexity index is 577. The summed E-state index contributed by atoms with van der Waals surface area (Å²) in [6.07, 6.45) is 4.03. The van der Waals surface area contributed by atoms with Gasteiger partial charge in [0.1, 0.15) is 5.25 Å². The van der Waals surface area contributed by atoms with E-state index >= 15 is 0 Å². The Morgan fingerprint density at radius 2 is 1.80 bits per heavy atom. The van der Waals surface area contributed by atoms with Gasteiger partial charge in [0.15, 0.2) is 9.84 Å². The van der Waals surface area contributed by atoms with Crippen molar-refractivity contribution in [3.8, 4) is 0 Å². The maximum Gasteiger partial charge on any atom is 0.238 e. The fourth-order valence-corrected chi connectivity index (χ4v) is 3.76. The van der Waals surface area contributed by atoms with E-state index in [0.29, 0.717) is 5.02 Å². The van der Waals surface area contributed by atoms with Gasteiger partial charge < -0.3 is 5.32 Å². The van der Waals surface area contributed by atoms with Gasteiger partial charge in [0, 0.05) is 11.1 Å². The first-order chi connectivity index (χ1) is 9.41. The number of amides is 1. The third kappa shape index (κ3) is 3.33. The third-order valence-corrected chi connectivity index (χ3v) is 6.00. The Kier molecular flexibility index (Phi) is 4.70. The van der Waals surface area contributed by atoms with Crippen molar-refractivity contribution in [2.75, 3.05) is 0 Å². The third-order valence-electron chi connectivity index (χ3n) is 3.68. The van der Waals surface area contributed by atoms with E-state index in [0.717, 1.165) is 25.7 Å². The van der Waals surface area contributed by atoms with Crippen LogP contribution in [-0.4, -0.2) is 25.6 Å². The van der Waals surface area contributed by atoms with E-state index in [2.05, 4.69) is 5.32 Å². The Labute approximate surface area is 124 Å². The summed E-state index contributed by atoms with van der Waals surface area (Å²) in [5, 5.41) is 2.19. The van der Waals surface area contributed by atoms with Gasteiger partial charge in [0.05, 0.1) is 4.90 Å². The maximum absolute atomic E-state index is 12.4. The lowest BCUT2D eigenvalue weighted by Gasteiger charge is -2.17. The lowest BCUT2D eigenvalue weighted by atomic mass is 10.2. The highest BCUT2D eigenvalue weighted by atomic mass is 35.5. The Morgan fingerprint density at radius 1 is 1.25 bits per heavy atom. The van der Waals surface area contributed by atoms with Gasteiger partial charge in [-0.05, 0) is 44.0 Å². The van der Waals surface area contributed by atoms with Gasteiger partial charge >= 0.3 is 0 Å². The van der Waals surface area contributed by atoms with Crippen LogP contribution in [0.15, 0.2) is 29.2 Å². The molecule has 1 amide bonds. The Hall–Kier alpha value is -1.07. The van der Waals surface area contributed by atoms with Crippen LogP contribution in [0.2, 0.25) is 5.02 Å². The Balaban J connectivity index is 2.11. The van der Waals surface area contributed by atoms with Crippen LogP contribution in [-0.2, 0) is 14.6 Å². The molecule has 1 aliphatic rings. The number of benzene rings is 1. The molecule has 6 heteroatoms. The fourth-order valence-electron chi connectivity index (χ4n) is 2.36. The van der Waals surface area contributed by atoms with E-state index in [-0.39, 0.29) is 10.9 Å². The van der Waals surface area contributed by atoms with Crippen LogP contribution in [0.4, 0.5) is 0 Å². The van der Waals surface area contributed by atoms with Gasteiger partial charge in [-0.1, -0.05) is 24.4 Å². The van der Waals surface area contributed by atoms with Crippen LogP contribution < -0.4 is 5.32 Å². The molecule has 1 aliphatic carbocycles. The number of carbonyl (C=O) groups excluding carboxylic acids is 1. The van der Waals surface area contributed by atoms with Gasteiger partial charge in [0.25, 0.3) is 0 Å². The number of nitrogens with one attached hydrogen (secondary N) is 1. The van der Waals surface area contributed by atoms with Gasteiger partial charge in [-0.15, -0.1) is 0 Å². The molecule has 0 aromatic heterocycles. The van der Waals surface area contributed by atoms with Crippen molar-refractivity contribution in [2.24, 2.45) is 0 Å². The zero-order chi connectivity index (χ0) is 14.8. The minimum absolute atomic E-state index is 0.116. The maximum atomic E-state index is 12.4. The molecule has 2 rings (SSSR count).